The third-order valence-corrected chi connectivity index (χ3v) is 1.26. The average molecular weight is 171 g/mol. The van der Waals surface area contributed by atoms with E-state index in [1.165, 1.54) is 0 Å². The van der Waals surface area contributed by atoms with Crippen LogP contribution in [0.2, 0.25) is 0 Å². The van der Waals surface area contributed by atoms with Crippen molar-refractivity contribution in [3.63, 3.8) is 0 Å². The van der Waals surface area contributed by atoms with E-state index in [0.29, 0.717) is 6.61 Å². The van der Waals surface area contributed by atoms with Gasteiger partial charge in [0, 0.05) is 0 Å². The van der Waals surface area contributed by atoms with Gasteiger partial charge < -0.3 is 15.6 Å². The first-order valence-corrected chi connectivity index (χ1v) is 3.36. The van der Waals surface area contributed by atoms with Crippen molar-refractivity contribution in [3.05, 3.63) is 5.56 Å². The summed E-state index contributed by atoms with van der Waals surface area (Å²) in [5.74, 6) is -1.11. The number of aromatic amines is 1. The molecule has 0 fully saturated rings. The van der Waals surface area contributed by atoms with Crippen LogP contribution in [-0.4, -0.2) is 27.9 Å². The van der Waals surface area contributed by atoms with Gasteiger partial charge in [-0.3, -0.25) is 0 Å². The number of anilines is 1. The number of carboxylic acid groups (broad SMARTS) is 1. The molecule has 0 saturated heterocycles. The van der Waals surface area contributed by atoms with E-state index in [4.69, 9.17) is 15.6 Å². The summed E-state index contributed by atoms with van der Waals surface area (Å²) in [7, 11) is 0. The number of nitrogen functional groups attached to an aromatic ring is 1. The highest BCUT2D eigenvalue weighted by Crippen LogP contribution is 2.20. The summed E-state index contributed by atoms with van der Waals surface area (Å²) < 4.78 is 4.94. The molecule has 0 bridgehead atoms. The SMILES string of the molecule is CCOc1[nH]nc(N)c1C(=O)O. The van der Waals surface area contributed by atoms with Crippen LogP contribution in [0.25, 0.3) is 0 Å². The summed E-state index contributed by atoms with van der Waals surface area (Å²) in [6.45, 7) is 2.10. The highest BCUT2D eigenvalue weighted by Gasteiger charge is 2.18. The molecule has 0 amide bonds. The molecule has 6 heteroatoms. The summed E-state index contributed by atoms with van der Waals surface area (Å²) in [4.78, 5) is 10.6. The minimum absolute atomic E-state index is 0.0639. The highest BCUT2D eigenvalue weighted by atomic mass is 16.5. The molecule has 0 unspecified atom stereocenters. The first-order valence-electron chi connectivity index (χ1n) is 3.36. The maximum Gasteiger partial charge on any atom is 0.345 e. The number of ether oxygens (including phenoxy) is 1. The van der Waals surface area contributed by atoms with Gasteiger partial charge in [-0.1, -0.05) is 0 Å². The molecule has 0 saturated carbocycles. The predicted octanol–water partition coefficient (Wildman–Crippen LogP) is 0.0888. The van der Waals surface area contributed by atoms with E-state index >= 15 is 0 Å². The zero-order valence-electron chi connectivity index (χ0n) is 6.50. The third-order valence-electron chi connectivity index (χ3n) is 1.26. The zero-order chi connectivity index (χ0) is 9.14. The maximum absolute atomic E-state index is 10.6. The van der Waals surface area contributed by atoms with Crippen molar-refractivity contribution in [2.45, 2.75) is 6.92 Å². The quantitative estimate of drug-likeness (QED) is 0.598. The van der Waals surface area contributed by atoms with Crippen LogP contribution >= 0.6 is 0 Å². The number of aromatic nitrogens is 2. The van der Waals surface area contributed by atoms with Gasteiger partial charge in [-0.25, -0.2) is 9.89 Å². The molecule has 1 heterocycles. The standard InChI is InChI=1S/C6H9N3O3/c1-2-12-5-3(6(10)11)4(7)8-9-5/h2H2,1H3,(H,10,11)(H3,7,8,9). The number of carboxylic acids is 1. The van der Waals surface area contributed by atoms with Gasteiger partial charge in [0.05, 0.1) is 6.61 Å². The Balaban J connectivity index is 3.04. The van der Waals surface area contributed by atoms with Crippen molar-refractivity contribution in [1.29, 1.82) is 0 Å². The second kappa shape index (κ2) is 3.12. The molecule has 0 aliphatic rings. The van der Waals surface area contributed by atoms with Crippen molar-refractivity contribution in [2.24, 2.45) is 0 Å². The maximum atomic E-state index is 10.6. The van der Waals surface area contributed by atoms with E-state index in [9.17, 15) is 4.79 Å². The van der Waals surface area contributed by atoms with E-state index in [2.05, 4.69) is 10.2 Å². The van der Waals surface area contributed by atoms with Crippen LogP contribution in [0, 0.1) is 0 Å². The topological polar surface area (TPSA) is 101 Å². The molecule has 0 aliphatic carbocycles. The fourth-order valence-electron chi connectivity index (χ4n) is 0.795. The summed E-state index contributed by atoms with van der Waals surface area (Å²) >= 11 is 0. The van der Waals surface area contributed by atoms with Crippen LogP contribution < -0.4 is 10.5 Å². The van der Waals surface area contributed by atoms with Gasteiger partial charge in [0.2, 0.25) is 5.88 Å². The number of nitrogens with one attached hydrogen (secondary N) is 1. The lowest BCUT2D eigenvalue weighted by molar-refractivity contribution is 0.0694. The lowest BCUT2D eigenvalue weighted by Crippen LogP contribution is -2.03. The Kier molecular flexibility index (Phi) is 2.18. The number of carbonyl (C=O) groups is 1. The molecule has 0 aromatic carbocycles. The molecule has 0 atom stereocenters. The minimum Gasteiger partial charge on any atom is -0.478 e. The Morgan fingerprint density at radius 1 is 1.83 bits per heavy atom. The Hall–Kier alpha value is -1.72. The Morgan fingerprint density at radius 3 is 3.00 bits per heavy atom. The molecule has 1 rings (SSSR count). The third kappa shape index (κ3) is 1.31. The number of nitrogens with zero attached hydrogens (tertiary/aromatic N) is 1. The molecule has 0 radical (unpaired) electrons. The molecule has 4 N–H and O–H groups in total. The zero-order valence-corrected chi connectivity index (χ0v) is 6.50. The predicted molar refractivity (Wildman–Crippen MR) is 41.1 cm³/mol. The first-order chi connectivity index (χ1) is 5.66. The van der Waals surface area contributed by atoms with Crippen LogP contribution in [0.15, 0.2) is 0 Å². The number of nitrogens with two attached hydrogens (primary N) is 1. The van der Waals surface area contributed by atoms with Crippen LogP contribution in [0.1, 0.15) is 17.3 Å². The molecule has 1 aromatic heterocycles. The van der Waals surface area contributed by atoms with Crippen molar-refractivity contribution in [3.8, 4) is 5.88 Å². The van der Waals surface area contributed by atoms with Gasteiger partial charge in [0.1, 0.15) is 0 Å². The van der Waals surface area contributed by atoms with Crippen LogP contribution in [-0.2, 0) is 0 Å². The highest BCUT2D eigenvalue weighted by molar-refractivity contribution is 5.95. The van der Waals surface area contributed by atoms with Crippen LogP contribution in [0.5, 0.6) is 5.88 Å². The van der Waals surface area contributed by atoms with E-state index in [1.54, 1.807) is 6.92 Å². The minimum atomic E-state index is -1.15. The number of H-pyrrole nitrogens is 1. The molecule has 66 valence electrons. The molecule has 6 nitrogen and oxygen atoms in total. The van der Waals surface area contributed by atoms with E-state index < -0.39 is 5.97 Å². The average Bonchev–Trinajstić information content (AvgIpc) is 2.32. The second-order valence-corrected chi connectivity index (χ2v) is 2.05. The lowest BCUT2D eigenvalue weighted by atomic mass is 10.3. The van der Waals surface area contributed by atoms with Crippen molar-refractivity contribution in [1.82, 2.24) is 10.2 Å². The molecule has 0 spiro atoms. The molecule has 0 aliphatic heterocycles. The van der Waals surface area contributed by atoms with Crippen molar-refractivity contribution in [2.75, 3.05) is 12.3 Å². The van der Waals surface area contributed by atoms with Gasteiger partial charge >= 0.3 is 5.97 Å². The van der Waals surface area contributed by atoms with Gasteiger partial charge in [0.15, 0.2) is 11.4 Å². The van der Waals surface area contributed by atoms with Crippen LogP contribution in [0.3, 0.4) is 0 Å². The monoisotopic (exact) mass is 171 g/mol. The Labute approximate surface area is 68.3 Å². The van der Waals surface area contributed by atoms with Gasteiger partial charge in [-0.2, -0.15) is 5.10 Å². The number of aromatic carboxylic acids is 1. The van der Waals surface area contributed by atoms with Gasteiger partial charge in [0.25, 0.3) is 0 Å². The fraction of sp³-hybridized carbons (Fsp3) is 0.333. The number of hydrogen-bond donors (Lipinski definition) is 3. The summed E-state index contributed by atoms with van der Waals surface area (Å²) in [5.41, 5.74) is 5.16. The normalized spacial score (nSPS) is 9.75. The molecule has 12 heavy (non-hydrogen) atoms. The fourth-order valence-corrected chi connectivity index (χ4v) is 0.795. The van der Waals surface area contributed by atoms with Crippen molar-refractivity contribution < 1.29 is 14.6 Å². The Bertz CT molecular complexity index is 294. The smallest absolute Gasteiger partial charge is 0.345 e. The van der Waals surface area contributed by atoms with E-state index in [0.717, 1.165) is 0 Å². The summed E-state index contributed by atoms with van der Waals surface area (Å²) in [6, 6.07) is 0. The van der Waals surface area contributed by atoms with Gasteiger partial charge in [-0.05, 0) is 6.92 Å². The second-order valence-electron chi connectivity index (χ2n) is 2.05. The Morgan fingerprint density at radius 2 is 2.50 bits per heavy atom. The number of rotatable bonds is 3. The van der Waals surface area contributed by atoms with Crippen molar-refractivity contribution >= 4 is 11.8 Å². The largest absolute Gasteiger partial charge is 0.478 e. The molecule has 1 aromatic rings. The summed E-state index contributed by atoms with van der Waals surface area (Å²) in [5, 5.41) is 14.5. The van der Waals surface area contributed by atoms with E-state index in [1.807, 2.05) is 0 Å². The van der Waals surface area contributed by atoms with Gasteiger partial charge in [-0.15, -0.1) is 0 Å². The van der Waals surface area contributed by atoms with E-state index in [-0.39, 0.29) is 17.3 Å². The lowest BCUT2D eigenvalue weighted by Gasteiger charge is -1.98. The molecular formula is C6H9N3O3. The number of hydrogen-bond acceptors (Lipinski definition) is 4. The van der Waals surface area contributed by atoms with Crippen LogP contribution in [0.4, 0.5) is 5.82 Å². The molecular weight excluding hydrogens is 162 g/mol. The summed E-state index contributed by atoms with van der Waals surface area (Å²) in [6.07, 6.45) is 0. The first kappa shape index (κ1) is 8.38.